The number of halogens is 1. The second-order valence-corrected chi connectivity index (χ2v) is 5.24. The predicted molar refractivity (Wildman–Crippen MR) is 75.5 cm³/mol. The van der Waals surface area contributed by atoms with Gasteiger partial charge in [0.1, 0.15) is 0 Å². The lowest BCUT2D eigenvalue weighted by molar-refractivity contribution is -0.385. The fourth-order valence-electron chi connectivity index (χ4n) is 1.59. The molecule has 0 aliphatic carbocycles. The second-order valence-electron chi connectivity index (χ2n) is 4.45. The highest BCUT2D eigenvalue weighted by molar-refractivity contribution is 9.09. The summed E-state index contributed by atoms with van der Waals surface area (Å²) in [6.07, 6.45) is 1.98. The molecular formula is C13H18BrNO3. The lowest BCUT2D eigenvalue weighted by Crippen LogP contribution is -2.06. The third-order valence-corrected chi connectivity index (χ3v) is 3.24. The first-order valence-corrected chi connectivity index (χ1v) is 7.10. The van der Waals surface area contributed by atoms with Crippen LogP contribution >= 0.6 is 15.9 Å². The van der Waals surface area contributed by atoms with Crippen LogP contribution in [-0.4, -0.2) is 16.9 Å². The van der Waals surface area contributed by atoms with Gasteiger partial charge in [0, 0.05) is 11.4 Å². The van der Waals surface area contributed by atoms with Gasteiger partial charge in [0.2, 0.25) is 0 Å². The summed E-state index contributed by atoms with van der Waals surface area (Å²) in [7, 11) is 0. The first kappa shape index (κ1) is 15.0. The maximum absolute atomic E-state index is 10.9. The van der Waals surface area contributed by atoms with E-state index in [2.05, 4.69) is 22.9 Å². The van der Waals surface area contributed by atoms with E-state index in [9.17, 15) is 10.1 Å². The Bertz CT molecular complexity index is 409. The molecule has 0 aliphatic heterocycles. The zero-order chi connectivity index (χ0) is 13.5. The highest BCUT2D eigenvalue weighted by Gasteiger charge is 2.14. The molecule has 4 nitrogen and oxygen atoms in total. The van der Waals surface area contributed by atoms with Crippen molar-refractivity contribution in [3.63, 3.8) is 0 Å². The molecule has 18 heavy (non-hydrogen) atoms. The molecule has 0 saturated heterocycles. The van der Waals surface area contributed by atoms with E-state index >= 15 is 0 Å². The Kier molecular flexibility index (Phi) is 6.12. The fraction of sp³-hybridized carbons (Fsp3) is 0.538. The third-order valence-electron chi connectivity index (χ3n) is 2.78. The molecule has 0 aliphatic rings. The Morgan fingerprint density at radius 2 is 2.17 bits per heavy atom. The van der Waals surface area contributed by atoms with Gasteiger partial charge in [-0.15, -0.1) is 0 Å². The second kappa shape index (κ2) is 7.36. The highest BCUT2D eigenvalue weighted by atomic mass is 79.9. The van der Waals surface area contributed by atoms with Crippen molar-refractivity contribution in [3.05, 3.63) is 33.9 Å². The number of rotatable bonds is 7. The van der Waals surface area contributed by atoms with Crippen LogP contribution < -0.4 is 4.74 Å². The molecule has 1 aromatic carbocycles. The number of aryl methyl sites for hydroxylation is 1. The van der Waals surface area contributed by atoms with Crippen LogP contribution in [0.2, 0.25) is 0 Å². The lowest BCUT2D eigenvalue weighted by atomic mass is 10.1. The van der Waals surface area contributed by atoms with Gasteiger partial charge in [-0.3, -0.25) is 10.1 Å². The van der Waals surface area contributed by atoms with Crippen LogP contribution in [0.25, 0.3) is 0 Å². The van der Waals surface area contributed by atoms with Gasteiger partial charge in [-0.2, -0.15) is 0 Å². The zero-order valence-corrected chi connectivity index (χ0v) is 12.3. The van der Waals surface area contributed by atoms with Gasteiger partial charge in [0.15, 0.2) is 5.75 Å². The summed E-state index contributed by atoms with van der Waals surface area (Å²) in [5.41, 5.74) is 0.998. The number of alkyl halides is 1. The molecule has 0 amide bonds. The molecule has 5 heteroatoms. The quantitative estimate of drug-likeness (QED) is 0.432. The van der Waals surface area contributed by atoms with Crippen LogP contribution in [0.5, 0.6) is 5.75 Å². The van der Waals surface area contributed by atoms with Crippen LogP contribution in [-0.2, 0) is 0 Å². The summed E-state index contributed by atoms with van der Waals surface area (Å²) in [5.74, 6) is 0.916. The Morgan fingerprint density at radius 3 is 2.78 bits per heavy atom. The van der Waals surface area contributed by atoms with Crippen LogP contribution in [0, 0.1) is 23.0 Å². The summed E-state index contributed by atoms with van der Waals surface area (Å²) in [6, 6.07) is 4.93. The normalized spacial score (nSPS) is 12.2. The van der Waals surface area contributed by atoms with Gasteiger partial charge in [-0.1, -0.05) is 28.9 Å². The van der Waals surface area contributed by atoms with E-state index in [0.717, 1.165) is 23.7 Å². The molecular weight excluding hydrogens is 298 g/mol. The van der Waals surface area contributed by atoms with Crippen molar-refractivity contribution in [3.8, 4) is 5.75 Å². The van der Waals surface area contributed by atoms with Crippen LogP contribution in [0.15, 0.2) is 18.2 Å². The third kappa shape index (κ3) is 4.64. The Labute approximate surface area is 116 Å². The minimum Gasteiger partial charge on any atom is -0.487 e. The van der Waals surface area contributed by atoms with Gasteiger partial charge in [0.25, 0.3) is 0 Å². The number of nitrogens with zero attached hydrogens (tertiary/aromatic N) is 1. The number of ether oxygens (including phenoxy) is 1. The van der Waals surface area contributed by atoms with Crippen molar-refractivity contribution in [1.29, 1.82) is 0 Å². The maximum atomic E-state index is 10.9. The number of nitro benzene ring substituents is 1. The van der Waals surface area contributed by atoms with Gasteiger partial charge in [-0.25, -0.2) is 0 Å². The van der Waals surface area contributed by atoms with E-state index in [0.29, 0.717) is 18.3 Å². The molecule has 0 radical (unpaired) electrons. The summed E-state index contributed by atoms with van der Waals surface area (Å²) < 4.78 is 5.54. The summed E-state index contributed by atoms with van der Waals surface area (Å²) >= 11 is 3.40. The first-order valence-electron chi connectivity index (χ1n) is 5.98. The minimum atomic E-state index is -0.406. The molecule has 1 aromatic rings. The molecule has 0 spiro atoms. The molecule has 0 bridgehead atoms. The van der Waals surface area contributed by atoms with Crippen molar-refractivity contribution in [2.75, 3.05) is 11.9 Å². The standard InChI is InChI=1S/C13H18BrNO3/c1-10(5-7-14)6-8-18-13-9-11(2)3-4-12(13)15(16)17/h3-4,9-10H,5-8H2,1-2H3. The smallest absolute Gasteiger partial charge is 0.310 e. The van der Waals surface area contributed by atoms with E-state index in [1.807, 2.05) is 6.92 Å². The van der Waals surface area contributed by atoms with Gasteiger partial charge in [0.05, 0.1) is 11.5 Å². The minimum absolute atomic E-state index is 0.0359. The van der Waals surface area contributed by atoms with Crippen LogP contribution in [0.4, 0.5) is 5.69 Å². The largest absolute Gasteiger partial charge is 0.487 e. The lowest BCUT2D eigenvalue weighted by Gasteiger charge is -2.11. The number of nitro groups is 1. The number of benzene rings is 1. The zero-order valence-electron chi connectivity index (χ0n) is 10.7. The number of hydrogen-bond donors (Lipinski definition) is 0. The molecule has 0 saturated carbocycles. The van der Waals surface area contributed by atoms with E-state index in [1.54, 1.807) is 12.1 Å². The Hall–Kier alpha value is -1.10. The molecule has 0 fully saturated rings. The van der Waals surface area contributed by atoms with Crippen molar-refractivity contribution in [1.82, 2.24) is 0 Å². The predicted octanol–water partition coefficient (Wildman–Crippen LogP) is 4.09. The fourth-order valence-corrected chi connectivity index (χ4v) is 2.37. The molecule has 0 heterocycles. The molecule has 100 valence electrons. The van der Waals surface area contributed by atoms with Gasteiger partial charge < -0.3 is 4.74 Å². The molecule has 1 atom stereocenters. The average molecular weight is 316 g/mol. The van der Waals surface area contributed by atoms with Crippen molar-refractivity contribution in [2.24, 2.45) is 5.92 Å². The highest BCUT2D eigenvalue weighted by Crippen LogP contribution is 2.28. The molecule has 1 rings (SSSR count). The summed E-state index contributed by atoms with van der Waals surface area (Å²) in [6.45, 7) is 4.55. The maximum Gasteiger partial charge on any atom is 0.310 e. The van der Waals surface area contributed by atoms with Gasteiger partial charge in [-0.05, 0) is 37.3 Å². The van der Waals surface area contributed by atoms with Crippen molar-refractivity contribution < 1.29 is 9.66 Å². The number of hydrogen-bond acceptors (Lipinski definition) is 3. The van der Waals surface area contributed by atoms with Crippen molar-refractivity contribution >= 4 is 21.6 Å². The van der Waals surface area contributed by atoms with E-state index in [4.69, 9.17) is 4.74 Å². The van der Waals surface area contributed by atoms with Crippen molar-refractivity contribution in [2.45, 2.75) is 26.7 Å². The van der Waals surface area contributed by atoms with Crippen LogP contribution in [0.3, 0.4) is 0 Å². The van der Waals surface area contributed by atoms with E-state index in [-0.39, 0.29) is 5.69 Å². The Balaban J connectivity index is 2.60. The van der Waals surface area contributed by atoms with Gasteiger partial charge >= 0.3 is 5.69 Å². The SMILES string of the molecule is Cc1ccc([N+](=O)[O-])c(OCCC(C)CCBr)c1. The monoisotopic (exact) mass is 315 g/mol. The molecule has 0 N–H and O–H groups in total. The average Bonchev–Trinajstić information content (AvgIpc) is 2.29. The van der Waals surface area contributed by atoms with E-state index in [1.165, 1.54) is 6.07 Å². The van der Waals surface area contributed by atoms with E-state index < -0.39 is 4.92 Å². The topological polar surface area (TPSA) is 52.4 Å². The molecule has 1 unspecified atom stereocenters. The van der Waals surface area contributed by atoms with Crippen LogP contribution in [0.1, 0.15) is 25.3 Å². The summed E-state index contributed by atoms with van der Waals surface area (Å²) in [5, 5.41) is 11.8. The molecule has 0 aromatic heterocycles. The Morgan fingerprint density at radius 1 is 1.44 bits per heavy atom. The first-order chi connectivity index (χ1) is 8.54. The summed E-state index contributed by atoms with van der Waals surface area (Å²) in [4.78, 5) is 10.4.